The number of hydrogen-bond donors (Lipinski definition) is 0. The predicted molar refractivity (Wildman–Crippen MR) is 46.5 cm³/mol. The van der Waals surface area contributed by atoms with E-state index >= 15 is 0 Å². The molecule has 0 aliphatic heterocycles. The molecule has 0 radical (unpaired) electrons. The second-order valence-electron chi connectivity index (χ2n) is 1.99. The van der Waals surface area contributed by atoms with Gasteiger partial charge in [-0.05, 0) is 0 Å². The van der Waals surface area contributed by atoms with Crippen LogP contribution in [0.1, 0.15) is 0 Å². The summed E-state index contributed by atoms with van der Waals surface area (Å²) in [6.45, 7) is 0. The number of aliphatic imine (C=N–C) groups is 1. The molecule has 44 valence electrons. The van der Waals surface area contributed by atoms with E-state index in [0.717, 1.165) is 9.92 Å². The predicted octanol–water partition coefficient (Wildman–Crippen LogP) is 1.21. The van der Waals surface area contributed by atoms with Crippen LogP contribution in [0.25, 0.3) is 0 Å². The molecule has 1 aromatic rings. The Morgan fingerprint density at radius 3 is 2.70 bits per heavy atom. The van der Waals surface area contributed by atoms with Crippen LogP contribution in [-0.2, 0) is 0 Å². The molecule has 0 unspecified atom stereocenters. The van der Waals surface area contributed by atoms with E-state index in [1.807, 2.05) is 42.0 Å². The van der Waals surface area contributed by atoms with Crippen molar-refractivity contribution in [1.82, 2.24) is 0 Å². The summed E-state index contributed by atoms with van der Waals surface area (Å²) in [6, 6.07) is 7.80. The average molecular weight is 141 g/mol. The van der Waals surface area contributed by atoms with E-state index in [0.29, 0.717) is 0 Å². The van der Waals surface area contributed by atoms with Gasteiger partial charge < -0.3 is 0 Å². The molecule has 0 atom stereocenters. The van der Waals surface area contributed by atoms with E-state index in [1.165, 1.54) is 0 Å². The zero-order chi connectivity index (χ0) is 7.40. The third kappa shape index (κ3) is 1.80. The van der Waals surface area contributed by atoms with Crippen LogP contribution in [0.2, 0.25) is 0 Å². The van der Waals surface area contributed by atoms with E-state index < -0.39 is 0 Å². The first-order valence-electron chi connectivity index (χ1n) is 2.98. The number of nitrogens with zero attached hydrogens (tertiary/aromatic N) is 1. The molecule has 0 amide bonds. The minimum absolute atomic E-state index is 0.900. The van der Waals surface area contributed by atoms with Crippen LogP contribution in [-0.4, -0.2) is 22.9 Å². The number of benzene rings is 1. The van der Waals surface area contributed by atoms with E-state index in [4.69, 9.17) is 0 Å². The molecule has 0 aliphatic carbocycles. The molecule has 0 bridgehead atoms. The Hall–Kier alpha value is -0.383. The molecule has 1 rings (SSSR count). The third-order valence-corrected chi connectivity index (χ3v) is 1.37. The summed E-state index contributed by atoms with van der Waals surface area (Å²) in [5.74, 6) is 0. The molecule has 0 aliphatic rings. The van der Waals surface area contributed by atoms with E-state index in [1.54, 1.807) is 0 Å². The van der Waals surface area contributed by atoms with Crippen molar-refractivity contribution >= 4 is 45.0 Å². The fourth-order valence-corrected chi connectivity index (χ4v) is 0.836. The molecule has 3 heteroatoms. The zero-order valence-electron chi connectivity index (χ0n) is 5.66. The molecule has 0 saturated heterocycles. The second-order valence-corrected chi connectivity index (χ2v) is 2.17. The Balaban J connectivity index is 3.14. The maximum absolute atomic E-state index is 4.48. The number of thiocarbonyl (C=S) groups is 1. The first-order valence-corrected chi connectivity index (χ1v) is 3.39. The monoisotopic (exact) mass is 141 g/mol. The molecule has 0 N–H and O–H groups in total. The van der Waals surface area contributed by atoms with Gasteiger partial charge in [-0.1, -0.05) is 0 Å². The van der Waals surface area contributed by atoms with Crippen molar-refractivity contribution in [2.45, 2.75) is 0 Å². The zero-order valence-corrected chi connectivity index (χ0v) is 6.48. The number of hydrogen-bond acceptors (Lipinski definition) is 2. The molecule has 10 heavy (non-hydrogen) atoms. The number of isothiocyanates is 1. The van der Waals surface area contributed by atoms with Crippen molar-refractivity contribution in [3.8, 4) is 0 Å². The molecule has 1 nitrogen and oxygen atoms in total. The standard InChI is InChI=1S/C7H4NS.Li/c9-6-8-7-4-2-1-3-5-7;/h1-4H;. The summed E-state index contributed by atoms with van der Waals surface area (Å²) in [7, 11) is 0. The van der Waals surface area contributed by atoms with E-state index in [9.17, 15) is 0 Å². The van der Waals surface area contributed by atoms with Crippen molar-refractivity contribution in [3.63, 3.8) is 0 Å². The molecule has 1 aromatic carbocycles. The van der Waals surface area contributed by atoms with Gasteiger partial charge in [0, 0.05) is 0 Å². The topological polar surface area (TPSA) is 12.4 Å². The molecular weight excluding hydrogens is 137 g/mol. The Kier molecular flexibility index (Phi) is 2.86. The van der Waals surface area contributed by atoms with Crippen molar-refractivity contribution in [3.05, 3.63) is 24.3 Å². The van der Waals surface area contributed by atoms with Gasteiger partial charge in [-0.25, -0.2) is 0 Å². The van der Waals surface area contributed by atoms with Gasteiger partial charge in [-0.2, -0.15) is 0 Å². The quantitative estimate of drug-likeness (QED) is 0.325. The molecule has 0 heterocycles. The van der Waals surface area contributed by atoms with Crippen LogP contribution in [0.15, 0.2) is 29.3 Å². The average Bonchev–Trinajstić information content (AvgIpc) is 1.94. The SMILES string of the molecule is [Li][c]1ccccc1N=C=S. The number of rotatable bonds is 1. The number of para-hydroxylation sites is 1. The molecule has 0 fully saturated rings. The molecular formula is C7H4LiNS. The minimum atomic E-state index is 0.900. The van der Waals surface area contributed by atoms with E-state index in [2.05, 4.69) is 22.4 Å². The van der Waals surface area contributed by atoms with Crippen molar-refractivity contribution in [2.75, 3.05) is 0 Å². The Labute approximate surface area is 74.4 Å². The normalized spacial score (nSPS) is 8.60. The van der Waals surface area contributed by atoms with Gasteiger partial charge >= 0.3 is 74.3 Å². The van der Waals surface area contributed by atoms with Gasteiger partial charge in [0.2, 0.25) is 0 Å². The van der Waals surface area contributed by atoms with Gasteiger partial charge in [0.05, 0.1) is 0 Å². The summed E-state index contributed by atoms with van der Waals surface area (Å²) >= 11 is 6.47. The fourth-order valence-electron chi connectivity index (χ4n) is 0.738. The van der Waals surface area contributed by atoms with Gasteiger partial charge in [0.15, 0.2) is 0 Å². The Bertz CT molecular complexity index is 279. The maximum atomic E-state index is 4.48. The van der Waals surface area contributed by atoms with Crippen LogP contribution >= 0.6 is 12.2 Å². The van der Waals surface area contributed by atoms with Crippen molar-refractivity contribution in [1.29, 1.82) is 0 Å². The Morgan fingerprint density at radius 2 is 2.10 bits per heavy atom. The van der Waals surface area contributed by atoms with Crippen LogP contribution in [0.5, 0.6) is 0 Å². The van der Waals surface area contributed by atoms with E-state index in [-0.39, 0.29) is 0 Å². The summed E-state index contributed by atoms with van der Waals surface area (Å²) in [6.07, 6.45) is 0. The van der Waals surface area contributed by atoms with Crippen molar-refractivity contribution < 1.29 is 0 Å². The van der Waals surface area contributed by atoms with Gasteiger partial charge in [-0.15, -0.1) is 0 Å². The van der Waals surface area contributed by atoms with Gasteiger partial charge in [0.1, 0.15) is 0 Å². The van der Waals surface area contributed by atoms with Crippen LogP contribution in [0, 0.1) is 0 Å². The molecule has 0 aromatic heterocycles. The molecule has 0 spiro atoms. The van der Waals surface area contributed by atoms with Gasteiger partial charge in [0.25, 0.3) is 0 Å². The van der Waals surface area contributed by atoms with Gasteiger partial charge in [-0.3, -0.25) is 0 Å². The second kappa shape index (κ2) is 3.70. The summed E-state index contributed by atoms with van der Waals surface area (Å²) in [5.41, 5.74) is 0.900. The summed E-state index contributed by atoms with van der Waals surface area (Å²) in [4.78, 5) is 3.87. The van der Waals surface area contributed by atoms with Crippen LogP contribution in [0.4, 0.5) is 5.69 Å². The van der Waals surface area contributed by atoms with Crippen LogP contribution in [0.3, 0.4) is 0 Å². The first kappa shape index (κ1) is 7.72. The fraction of sp³-hybridized carbons (Fsp3) is 0. The first-order chi connectivity index (χ1) is 4.84. The Morgan fingerprint density at radius 1 is 1.40 bits per heavy atom. The summed E-state index contributed by atoms with van der Waals surface area (Å²) in [5, 5.41) is 2.33. The van der Waals surface area contributed by atoms with Crippen molar-refractivity contribution in [2.24, 2.45) is 4.99 Å². The molecule has 0 saturated carbocycles. The third-order valence-electron chi connectivity index (χ3n) is 1.28. The summed E-state index contributed by atoms with van der Waals surface area (Å²) < 4.78 is 1.12. The van der Waals surface area contributed by atoms with Crippen LogP contribution < -0.4 is 4.24 Å².